The zero-order chi connectivity index (χ0) is 48.7. The molecule has 4 aromatic carbocycles. The Balaban J connectivity index is 0.000000177. The first-order chi connectivity index (χ1) is 35.5. The number of fused-ring (bicyclic) bond motifs is 4. The molecule has 0 amide bonds. The second kappa shape index (κ2) is 28.1. The van der Waals surface area contributed by atoms with Crippen molar-refractivity contribution in [2.75, 3.05) is 75.5 Å². The second-order valence-corrected chi connectivity index (χ2v) is 29.7. The molecule has 8 aliphatic rings. The molecule has 4 saturated heterocycles. The third kappa shape index (κ3) is 14.2. The molecular formula is C56H66I2N2O6P2S4V2. The van der Waals surface area contributed by atoms with Gasteiger partial charge in [-0.15, -0.1) is 47.0 Å². The van der Waals surface area contributed by atoms with E-state index >= 15 is 0 Å². The van der Waals surface area contributed by atoms with Crippen LogP contribution in [-0.4, -0.2) is 93.5 Å². The summed E-state index contributed by atoms with van der Waals surface area (Å²) in [6.07, 6.45) is 14.8. The van der Waals surface area contributed by atoms with Gasteiger partial charge in [0.2, 0.25) is 0 Å². The number of benzene rings is 4. The molecule has 2 radical (unpaired) electrons. The van der Waals surface area contributed by atoms with Gasteiger partial charge in [0, 0.05) is 96.5 Å². The zero-order valence-corrected chi connectivity index (χ0v) is 54.2. The summed E-state index contributed by atoms with van der Waals surface area (Å²) in [5, 5.41) is 0. The number of allylic oxidation sites excluding steroid dienone is 2. The van der Waals surface area contributed by atoms with Gasteiger partial charge in [0.1, 0.15) is 72.8 Å². The van der Waals surface area contributed by atoms with E-state index in [1.807, 2.05) is 0 Å². The molecule has 0 N–H and O–H groups in total. The van der Waals surface area contributed by atoms with E-state index in [0.717, 1.165) is 86.5 Å². The van der Waals surface area contributed by atoms with Crippen molar-refractivity contribution in [1.29, 1.82) is 0 Å². The second-order valence-electron chi connectivity index (χ2n) is 19.9. The molecule has 4 fully saturated rings. The van der Waals surface area contributed by atoms with Crippen molar-refractivity contribution in [2.45, 2.75) is 97.4 Å². The Morgan fingerprint density at radius 2 is 0.892 bits per heavy atom. The van der Waals surface area contributed by atoms with Crippen molar-refractivity contribution < 1.29 is 65.1 Å². The van der Waals surface area contributed by atoms with E-state index in [4.69, 9.17) is 28.0 Å². The smallest absolute Gasteiger partial charge is 0.146 e. The van der Waals surface area contributed by atoms with E-state index in [2.05, 4.69) is 186 Å². The quantitative estimate of drug-likeness (QED) is 0.0893. The summed E-state index contributed by atoms with van der Waals surface area (Å²) in [7, 11) is 0. The summed E-state index contributed by atoms with van der Waals surface area (Å²) < 4.78 is 38.0. The van der Waals surface area contributed by atoms with Crippen molar-refractivity contribution in [3.05, 3.63) is 118 Å². The zero-order valence-electron chi connectivity index (χ0n) is 41.8. The molecule has 4 aromatic rings. The molecule has 2 spiro atoms. The van der Waals surface area contributed by atoms with Crippen LogP contribution in [0, 0.1) is 0 Å². The number of likely N-dealkylation sites (tertiary alicyclic amines) is 2. The van der Waals surface area contributed by atoms with E-state index in [9.17, 15) is 0 Å². The van der Waals surface area contributed by atoms with Gasteiger partial charge in [-0.05, 0) is 216 Å². The summed E-state index contributed by atoms with van der Waals surface area (Å²) >= 11 is 13.2. The largest absolute Gasteiger partial charge is 0.492 e. The molecule has 0 aromatic heterocycles. The number of ether oxygens (including phenoxy) is 4. The maximum absolute atomic E-state index is 6.77. The number of hydrogen-bond donors (Lipinski definition) is 0. The van der Waals surface area contributed by atoms with Crippen molar-refractivity contribution in [2.24, 2.45) is 0 Å². The molecule has 0 bridgehead atoms. The normalized spacial score (nSPS) is 22.9. The fraction of sp³-hybridized carbons (Fsp3) is 0.500. The van der Waals surface area contributed by atoms with Gasteiger partial charge in [0.15, 0.2) is 0 Å². The molecule has 2 aliphatic carbocycles. The number of rotatable bonds is 14. The molecular weight excluding hydrogens is 1340 g/mol. The molecule has 12 rings (SSSR count). The van der Waals surface area contributed by atoms with Crippen molar-refractivity contribution in [3.63, 3.8) is 0 Å². The van der Waals surface area contributed by atoms with Crippen LogP contribution in [0.2, 0.25) is 0 Å². The van der Waals surface area contributed by atoms with E-state index in [0.29, 0.717) is 21.1 Å². The van der Waals surface area contributed by atoms with Crippen LogP contribution < -0.4 is 28.0 Å². The Labute approximate surface area is 510 Å². The van der Waals surface area contributed by atoms with Crippen LogP contribution in [0.1, 0.15) is 112 Å². The number of piperidine rings is 2. The summed E-state index contributed by atoms with van der Waals surface area (Å²) in [6.45, 7) is 9.16. The van der Waals surface area contributed by atoms with Crippen LogP contribution in [0.4, 0.5) is 0 Å². The molecule has 2 unspecified atom stereocenters. The summed E-state index contributed by atoms with van der Waals surface area (Å²) in [5.41, 5.74) is 10.9. The third-order valence-corrected chi connectivity index (χ3v) is 24.5. The number of nitrogens with zero attached hydrogens (tertiary/aromatic N) is 2. The minimum absolute atomic E-state index is 0. The van der Waals surface area contributed by atoms with E-state index < -0.39 is 0 Å². The summed E-state index contributed by atoms with van der Waals surface area (Å²) in [6, 6.07) is 30.1. The maximum atomic E-state index is 6.77. The summed E-state index contributed by atoms with van der Waals surface area (Å²) in [5.74, 6) is 10.6. The maximum Gasteiger partial charge on any atom is 0.146 e. The van der Waals surface area contributed by atoms with Gasteiger partial charge >= 0.3 is 0 Å². The molecule has 4 atom stereocenters. The van der Waals surface area contributed by atoms with Crippen molar-refractivity contribution in [3.8, 4) is 34.5 Å². The van der Waals surface area contributed by atoms with E-state index in [1.54, 1.807) is 0 Å². The minimum Gasteiger partial charge on any atom is -0.492 e. The average Bonchev–Trinajstić information content (AvgIpc) is 4.08. The van der Waals surface area contributed by atoms with Gasteiger partial charge in [-0.25, -0.2) is 0 Å². The standard InChI is InChI=1S/2C28H33INO3PS2.2V/c2*29-34-33-22-8-9-24-23-10-11-28(35-16-17-36-28)19-25(23)27(32-26(24)18-22)20-4-6-21(7-5-20)31-15-14-30-12-2-1-3-13-30;;/h2*4-9,18,27,34H,1-3,10-17,19H2;;/t2*27-;;/m10../s1. The van der Waals surface area contributed by atoms with Crippen LogP contribution in [0.25, 0.3) is 11.1 Å². The van der Waals surface area contributed by atoms with Gasteiger partial charge in [0.25, 0.3) is 0 Å². The molecule has 8 nitrogen and oxygen atoms in total. The van der Waals surface area contributed by atoms with Crippen LogP contribution in [-0.2, 0) is 37.1 Å². The molecule has 0 saturated carbocycles. The average molecular weight is 1410 g/mol. The Hall–Kier alpha value is -0.0312. The van der Waals surface area contributed by atoms with Crippen LogP contribution in [0.3, 0.4) is 0 Å². The van der Waals surface area contributed by atoms with Gasteiger partial charge in [-0.1, -0.05) is 37.1 Å². The monoisotopic (exact) mass is 1410 g/mol. The SMILES string of the molecule is IPOc1ccc2c(c1)O[C@@H](c1ccc(OCCN3CCCCC3)cc1)C1=C2CCC2(C1)SCCS2.IPOc1ccc2c(c1)O[C@H](c1ccc(OCCN3CCCCC3)cc1)C1=C2CCC2(C1)SCCS2.[V].[V]. The van der Waals surface area contributed by atoms with Crippen molar-refractivity contribution in [1.82, 2.24) is 9.80 Å². The Bertz CT molecular complexity index is 2390. The van der Waals surface area contributed by atoms with Gasteiger partial charge in [-0.3, -0.25) is 9.80 Å². The topological polar surface area (TPSA) is 61.9 Å². The Morgan fingerprint density at radius 1 is 0.514 bits per heavy atom. The van der Waals surface area contributed by atoms with Crippen LogP contribution >= 0.6 is 104 Å². The van der Waals surface area contributed by atoms with Crippen molar-refractivity contribution >= 4 is 115 Å². The summed E-state index contributed by atoms with van der Waals surface area (Å²) in [4.78, 5) is 5.04. The van der Waals surface area contributed by atoms with Gasteiger partial charge < -0.3 is 28.0 Å². The Kier molecular flexibility index (Phi) is 22.3. The molecule has 18 heteroatoms. The number of halogens is 2. The van der Waals surface area contributed by atoms with Gasteiger partial charge in [0.05, 0.1) is 8.16 Å². The third-order valence-electron chi connectivity index (χ3n) is 15.4. The predicted molar refractivity (Wildman–Crippen MR) is 327 cm³/mol. The first kappa shape index (κ1) is 58.6. The fourth-order valence-corrected chi connectivity index (χ4v) is 20.3. The first-order valence-electron chi connectivity index (χ1n) is 26.0. The molecule has 74 heavy (non-hydrogen) atoms. The first-order valence-corrected chi connectivity index (χ1v) is 38.0. The van der Waals surface area contributed by atoms with E-state index in [-0.39, 0.29) is 49.3 Å². The van der Waals surface area contributed by atoms with E-state index in [1.165, 1.54) is 145 Å². The number of hydrogen-bond acceptors (Lipinski definition) is 12. The molecule has 6 aliphatic heterocycles. The Morgan fingerprint density at radius 3 is 1.27 bits per heavy atom. The predicted octanol–water partition coefficient (Wildman–Crippen LogP) is 16.2. The van der Waals surface area contributed by atoms with Crippen LogP contribution in [0.15, 0.2) is 96.1 Å². The molecule has 6 heterocycles. The van der Waals surface area contributed by atoms with Crippen LogP contribution in [0.5, 0.6) is 34.5 Å². The molecule has 394 valence electrons. The van der Waals surface area contributed by atoms with Gasteiger partial charge in [-0.2, -0.15) is 0 Å². The fourth-order valence-electron chi connectivity index (χ4n) is 11.8. The number of thioether (sulfide) groups is 4. The minimum atomic E-state index is -0.0498.